The number of imide groups is 2. The van der Waals surface area contributed by atoms with Crippen LogP contribution in [-0.2, 0) is 14.3 Å². The molecule has 2 heterocycles. The maximum Gasteiger partial charge on any atom is 0.337 e. The van der Waals surface area contributed by atoms with E-state index >= 15 is 0 Å². The third kappa shape index (κ3) is 3.91. The van der Waals surface area contributed by atoms with Gasteiger partial charge in [0.2, 0.25) is 0 Å². The van der Waals surface area contributed by atoms with Crippen LogP contribution in [0.1, 0.15) is 16.1 Å². The summed E-state index contributed by atoms with van der Waals surface area (Å²) in [6.45, 7) is 0. The average molecular weight is 434 g/mol. The van der Waals surface area contributed by atoms with Gasteiger partial charge in [0, 0.05) is 5.56 Å². The molecule has 1 aromatic heterocycles. The molecule has 8 nitrogen and oxygen atoms in total. The molecule has 0 unspecified atom stereocenters. The number of ether oxygens (including phenoxy) is 1. The fourth-order valence-electron chi connectivity index (χ4n) is 3.10. The molecule has 32 heavy (non-hydrogen) atoms. The Morgan fingerprint density at radius 3 is 2.34 bits per heavy atom. The molecule has 1 N–H and O–H groups in total. The summed E-state index contributed by atoms with van der Waals surface area (Å²) < 4.78 is 23.6. The Kier molecular flexibility index (Phi) is 5.38. The maximum atomic E-state index is 13.2. The molecule has 4 rings (SSSR count). The molecular formula is C23H15FN2O6. The minimum Gasteiger partial charge on any atom is -0.465 e. The van der Waals surface area contributed by atoms with Crippen LogP contribution in [0.3, 0.4) is 0 Å². The van der Waals surface area contributed by atoms with E-state index in [9.17, 15) is 23.6 Å². The van der Waals surface area contributed by atoms with Gasteiger partial charge in [-0.15, -0.1) is 0 Å². The predicted octanol–water partition coefficient (Wildman–Crippen LogP) is 3.54. The first-order valence-corrected chi connectivity index (χ1v) is 9.33. The van der Waals surface area contributed by atoms with Crippen molar-refractivity contribution in [2.45, 2.75) is 0 Å². The van der Waals surface area contributed by atoms with Crippen LogP contribution in [0.15, 0.2) is 70.7 Å². The predicted molar refractivity (Wildman–Crippen MR) is 111 cm³/mol. The van der Waals surface area contributed by atoms with Gasteiger partial charge in [-0.2, -0.15) is 0 Å². The summed E-state index contributed by atoms with van der Waals surface area (Å²) in [7, 11) is 1.29. The zero-order valence-corrected chi connectivity index (χ0v) is 16.6. The number of anilines is 1. The lowest BCUT2D eigenvalue weighted by atomic mass is 10.1. The van der Waals surface area contributed by atoms with E-state index in [0.717, 1.165) is 17.0 Å². The van der Waals surface area contributed by atoms with Crippen LogP contribution in [0.25, 0.3) is 17.4 Å². The Bertz CT molecular complexity index is 1260. The van der Waals surface area contributed by atoms with Crippen LogP contribution in [0.2, 0.25) is 0 Å². The molecule has 1 saturated heterocycles. The number of hydrogen-bond donors (Lipinski definition) is 1. The van der Waals surface area contributed by atoms with Crippen LogP contribution in [0.5, 0.6) is 0 Å². The van der Waals surface area contributed by atoms with Gasteiger partial charge in [0.05, 0.1) is 18.4 Å². The van der Waals surface area contributed by atoms with Crippen molar-refractivity contribution in [3.8, 4) is 11.3 Å². The van der Waals surface area contributed by atoms with E-state index in [1.54, 1.807) is 36.4 Å². The highest BCUT2D eigenvalue weighted by atomic mass is 19.1. The van der Waals surface area contributed by atoms with E-state index < -0.39 is 29.6 Å². The van der Waals surface area contributed by atoms with E-state index in [1.807, 2.05) is 0 Å². The summed E-state index contributed by atoms with van der Waals surface area (Å²) in [5.41, 5.74) is 0.819. The number of carbonyl (C=O) groups excluding carboxylic acids is 4. The Labute approximate surface area is 180 Å². The van der Waals surface area contributed by atoms with Gasteiger partial charge in [-0.3, -0.25) is 14.9 Å². The number of nitrogens with one attached hydrogen (secondary N) is 1. The SMILES string of the molecule is COC(=O)c1ccc(-c2ccc(/C=C3/C(=O)NC(=O)N(c4ccc(F)cc4)C3=O)o2)cc1. The number of carbonyl (C=O) groups is 4. The number of amides is 4. The third-order valence-corrected chi connectivity index (χ3v) is 4.69. The van der Waals surface area contributed by atoms with Crippen LogP contribution in [0.4, 0.5) is 14.9 Å². The largest absolute Gasteiger partial charge is 0.465 e. The van der Waals surface area contributed by atoms with Crippen molar-refractivity contribution in [1.82, 2.24) is 5.32 Å². The highest BCUT2D eigenvalue weighted by molar-refractivity contribution is 6.39. The maximum absolute atomic E-state index is 13.2. The minimum atomic E-state index is -0.936. The number of benzene rings is 2. The lowest BCUT2D eigenvalue weighted by Gasteiger charge is -2.26. The highest BCUT2D eigenvalue weighted by Gasteiger charge is 2.37. The van der Waals surface area contributed by atoms with Gasteiger partial charge in [0.15, 0.2) is 0 Å². The number of halogens is 1. The van der Waals surface area contributed by atoms with Crippen molar-refractivity contribution in [2.75, 3.05) is 12.0 Å². The molecule has 3 aromatic rings. The molecule has 2 aromatic carbocycles. The second-order valence-corrected chi connectivity index (χ2v) is 6.71. The third-order valence-electron chi connectivity index (χ3n) is 4.69. The number of barbiturate groups is 1. The monoisotopic (exact) mass is 434 g/mol. The molecule has 160 valence electrons. The molecule has 0 spiro atoms. The van der Waals surface area contributed by atoms with Gasteiger partial charge >= 0.3 is 12.0 Å². The molecule has 1 fully saturated rings. The lowest BCUT2D eigenvalue weighted by Crippen LogP contribution is -2.54. The summed E-state index contributed by atoms with van der Waals surface area (Å²) in [5.74, 6) is -2.12. The molecule has 0 bridgehead atoms. The summed E-state index contributed by atoms with van der Waals surface area (Å²) in [6, 6.07) is 13.4. The average Bonchev–Trinajstić information content (AvgIpc) is 3.26. The van der Waals surface area contributed by atoms with Crippen molar-refractivity contribution >= 4 is 35.6 Å². The van der Waals surface area contributed by atoms with E-state index in [4.69, 9.17) is 4.42 Å². The van der Waals surface area contributed by atoms with Crippen molar-refractivity contribution in [1.29, 1.82) is 0 Å². The van der Waals surface area contributed by atoms with Gasteiger partial charge in [0.25, 0.3) is 11.8 Å². The first kappa shape index (κ1) is 20.7. The first-order valence-electron chi connectivity index (χ1n) is 9.33. The molecule has 4 amide bonds. The zero-order valence-electron chi connectivity index (χ0n) is 16.6. The summed E-state index contributed by atoms with van der Waals surface area (Å²) in [5, 5.41) is 2.08. The first-order chi connectivity index (χ1) is 15.4. The Morgan fingerprint density at radius 1 is 1.00 bits per heavy atom. The van der Waals surface area contributed by atoms with Crippen LogP contribution in [-0.4, -0.2) is 30.9 Å². The number of hydrogen-bond acceptors (Lipinski definition) is 6. The standard InChI is InChI=1S/C23H15FN2O6/c1-31-22(29)14-4-2-13(3-5-14)19-11-10-17(32-19)12-18-20(27)25-23(30)26(21(18)28)16-8-6-15(24)7-9-16/h2-12H,1H3,(H,25,27,30)/b18-12-. The summed E-state index contributed by atoms with van der Waals surface area (Å²) >= 11 is 0. The quantitative estimate of drug-likeness (QED) is 0.383. The fourth-order valence-corrected chi connectivity index (χ4v) is 3.10. The van der Waals surface area contributed by atoms with Gasteiger partial charge in [-0.05, 0) is 54.6 Å². The number of esters is 1. The molecule has 0 aliphatic carbocycles. The van der Waals surface area contributed by atoms with Crippen molar-refractivity contribution in [2.24, 2.45) is 0 Å². The van der Waals surface area contributed by atoms with Crippen LogP contribution >= 0.6 is 0 Å². The number of furan rings is 1. The number of methoxy groups -OCH3 is 1. The molecular weight excluding hydrogens is 419 g/mol. The van der Waals surface area contributed by atoms with E-state index in [0.29, 0.717) is 16.9 Å². The molecule has 0 radical (unpaired) electrons. The lowest BCUT2D eigenvalue weighted by molar-refractivity contribution is -0.122. The summed E-state index contributed by atoms with van der Waals surface area (Å²) in [4.78, 5) is 49.6. The van der Waals surface area contributed by atoms with E-state index in [1.165, 1.54) is 25.3 Å². The highest BCUT2D eigenvalue weighted by Crippen LogP contribution is 2.26. The van der Waals surface area contributed by atoms with Gasteiger partial charge in [0.1, 0.15) is 22.9 Å². The number of nitrogens with zero attached hydrogens (tertiary/aromatic N) is 1. The van der Waals surface area contributed by atoms with Gasteiger partial charge in [-0.25, -0.2) is 18.9 Å². The second-order valence-electron chi connectivity index (χ2n) is 6.71. The molecule has 0 atom stereocenters. The second kappa shape index (κ2) is 8.31. The van der Waals surface area contributed by atoms with Gasteiger partial charge < -0.3 is 9.15 Å². The van der Waals surface area contributed by atoms with Crippen LogP contribution in [0, 0.1) is 5.82 Å². The van der Waals surface area contributed by atoms with E-state index in [-0.39, 0.29) is 17.0 Å². The number of rotatable bonds is 4. The Hall–Kier alpha value is -4.53. The van der Waals surface area contributed by atoms with E-state index in [2.05, 4.69) is 10.1 Å². The smallest absolute Gasteiger partial charge is 0.337 e. The molecule has 0 saturated carbocycles. The van der Waals surface area contributed by atoms with Crippen LogP contribution < -0.4 is 10.2 Å². The van der Waals surface area contributed by atoms with Crippen molar-refractivity contribution in [3.63, 3.8) is 0 Å². The summed E-state index contributed by atoms with van der Waals surface area (Å²) in [6.07, 6.45) is 1.22. The molecule has 9 heteroatoms. The minimum absolute atomic E-state index is 0.109. The molecule has 1 aliphatic heterocycles. The number of urea groups is 1. The van der Waals surface area contributed by atoms with Crippen molar-refractivity contribution < 1.29 is 32.7 Å². The van der Waals surface area contributed by atoms with Crippen molar-refractivity contribution in [3.05, 3.63) is 83.4 Å². The zero-order chi connectivity index (χ0) is 22.8. The Morgan fingerprint density at radius 2 is 1.69 bits per heavy atom. The fraction of sp³-hybridized carbons (Fsp3) is 0.0435. The van der Waals surface area contributed by atoms with Gasteiger partial charge in [-0.1, -0.05) is 12.1 Å². The normalized spacial score (nSPS) is 15.1. The topological polar surface area (TPSA) is 106 Å². The Balaban J connectivity index is 1.61. The molecule has 1 aliphatic rings.